The summed E-state index contributed by atoms with van der Waals surface area (Å²) in [6.45, 7) is 7.28. The van der Waals surface area contributed by atoms with Gasteiger partial charge in [0.1, 0.15) is 17.7 Å². The minimum Gasteiger partial charge on any atom is -0.369 e. The van der Waals surface area contributed by atoms with E-state index >= 15 is 0 Å². The maximum Gasteiger partial charge on any atom is 0.242 e. The summed E-state index contributed by atoms with van der Waals surface area (Å²) in [7, 11) is 0. The number of anilines is 2. The number of rotatable bonds is 7. The fourth-order valence-electron chi connectivity index (χ4n) is 1.39. The van der Waals surface area contributed by atoms with Crippen LogP contribution in [0.25, 0.3) is 0 Å². The Bertz CT molecular complexity index is 382. The first-order valence-electron chi connectivity index (χ1n) is 6.27. The number of hydrogen-bond acceptors (Lipinski definition) is 5. The standard InChI is InChI=1S/C12H21N5O/c1-4-6-15-12(18)9(3)16-11-8-13-7-10(17-11)14-5-2/h7-9H,4-6H2,1-3H3,(H,15,18)(H2,14,16,17). The molecular formula is C12H21N5O. The lowest BCUT2D eigenvalue weighted by Gasteiger charge is -2.14. The van der Waals surface area contributed by atoms with E-state index in [9.17, 15) is 4.79 Å². The summed E-state index contributed by atoms with van der Waals surface area (Å²) in [4.78, 5) is 20.0. The van der Waals surface area contributed by atoms with Crippen LogP contribution in [-0.2, 0) is 4.79 Å². The summed E-state index contributed by atoms with van der Waals surface area (Å²) in [5, 5.41) is 8.92. The van der Waals surface area contributed by atoms with Crippen LogP contribution >= 0.6 is 0 Å². The Morgan fingerprint density at radius 2 is 2.06 bits per heavy atom. The second-order valence-corrected chi connectivity index (χ2v) is 3.98. The van der Waals surface area contributed by atoms with Crippen LogP contribution in [-0.4, -0.2) is 35.0 Å². The highest BCUT2D eigenvalue weighted by Crippen LogP contribution is 2.07. The molecule has 0 aromatic carbocycles. The quantitative estimate of drug-likeness (QED) is 0.679. The van der Waals surface area contributed by atoms with Crippen molar-refractivity contribution in [1.29, 1.82) is 0 Å². The summed E-state index contributed by atoms with van der Waals surface area (Å²) in [5.41, 5.74) is 0. The van der Waals surface area contributed by atoms with Gasteiger partial charge in [-0.2, -0.15) is 0 Å². The summed E-state index contributed by atoms with van der Waals surface area (Å²) in [6, 6.07) is -0.331. The topological polar surface area (TPSA) is 78.9 Å². The molecule has 100 valence electrons. The van der Waals surface area contributed by atoms with E-state index in [1.807, 2.05) is 13.8 Å². The molecule has 0 saturated heterocycles. The van der Waals surface area contributed by atoms with E-state index in [2.05, 4.69) is 25.9 Å². The average Bonchev–Trinajstić information content (AvgIpc) is 2.36. The number of nitrogens with zero attached hydrogens (tertiary/aromatic N) is 2. The van der Waals surface area contributed by atoms with Crippen LogP contribution < -0.4 is 16.0 Å². The van der Waals surface area contributed by atoms with E-state index in [0.29, 0.717) is 18.2 Å². The van der Waals surface area contributed by atoms with Crippen LogP contribution in [0.4, 0.5) is 11.6 Å². The van der Waals surface area contributed by atoms with Crippen molar-refractivity contribution in [3.63, 3.8) is 0 Å². The predicted molar refractivity (Wildman–Crippen MR) is 72.6 cm³/mol. The SMILES string of the molecule is CCCNC(=O)C(C)Nc1cncc(NCC)n1. The molecule has 0 aliphatic carbocycles. The number of hydrogen-bond donors (Lipinski definition) is 3. The van der Waals surface area contributed by atoms with Gasteiger partial charge in [0.15, 0.2) is 0 Å². The molecule has 6 nitrogen and oxygen atoms in total. The monoisotopic (exact) mass is 251 g/mol. The van der Waals surface area contributed by atoms with Crippen molar-refractivity contribution in [3.05, 3.63) is 12.4 Å². The van der Waals surface area contributed by atoms with Gasteiger partial charge in [-0.05, 0) is 20.3 Å². The van der Waals surface area contributed by atoms with Gasteiger partial charge in [0.2, 0.25) is 5.91 Å². The summed E-state index contributed by atoms with van der Waals surface area (Å²) >= 11 is 0. The molecule has 0 radical (unpaired) electrons. The van der Waals surface area contributed by atoms with Crippen molar-refractivity contribution in [3.8, 4) is 0 Å². The van der Waals surface area contributed by atoms with E-state index in [-0.39, 0.29) is 11.9 Å². The van der Waals surface area contributed by atoms with Crippen molar-refractivity contribution in [2.45, 2.75) is 33.2 Å². The lowest BCUT2D eigenvalue weighted by atomic mass is 10.3. The molecular weight excluding hydrogens is 230 g/mol. The highest BCUT2D eigenvalue weighted by atomic mass is 16.2. The minimum atomic E-state index is -0.331. The predicted octanol–water partition coefficient (Wildman–Crippen LogP) is 1.23. The van der Waals surface area contributed by atoms with Gasteiger partial charge in [0.25, 0.3) is 0 Å². The molecule has 1 rings (SSSR count). The summed E-state index contributed by atoms with van der Waals surface area (Å²) in [5.74, 6) is 1.25. The van der Waals surface area contributed by atoms with Gasteiger partial charge in [0, 0.05) is 13.1 Å². The van der Waals surface area contributed by atoms with Crippen molar-refractivity contribution >= 4 is 17.5 Å². The first kappa shape index (κ1) is 14.2. The lowest BCUT2D eigenvalue weighted by molar-refractivity contribution is -0.121. The number of carbonyl (C=O) groups excluding carboxylic acids is 1. The van der Waals surface area contributed by atoms with Gasteiger partial charge < -0.3 is 16.0 Å². The second-order valence-electron chi connectivity index (χ2n) is 3.98. The summed E-state index contributed by atoms with van der Waals surface area (Å²) in [6.07, 6.45) is 4.18. The van der Waals surface area contributed by atoms with Crippen LogP contribution in [0.3, 0.4) is 0 Å². The molecule has 1 heterocycles. The normalized spacial score (nSPS) is 11.7. The zero-order valence-electron chi connectivity index (χ0n) is 11.2. The molecule has 1 unspecified atom stereocenters. The van der Waals surface area contributed by atoms with Gasteiger partial charge >= 0.3 is 0 Å². The minimum absolute atomic E-state index is 0.0347. The molecule has 1 aromatic heterocycles. The highest BCUT2D eigenvalue weighted by Gasteiger charge is 2.12. The zero-order valence-corrected chi connectivity index (χ0v) is 11.2. The molecule has 0 bridgehead atoms. The molecule has 1 amide bonds. The van der Waals surface area contributed by atoms with E-state index in [0.717, 1.165) is 13.0 Å². The molecule has 3 N–H and O–H groups in total. The summed E-state index contributed by atoms with van der Waals surface area (Å²) < 4.78 is 0. The lowest BCUT2D eigenvalue weighted by Crippen LogP contribution is -2.38. The van der Waals surface area contributed by atoms with E-state index < -0.39 is 0 Å². The van der Waals surface area contributed by atoms with E-state index in [4.69, 9.17) is 0 Å². The third-order valence-corrected chi connectivity index (χ3v) is 2.30. The Kier molecular flexibility index (Phi) is 5.90. The van der Waals surface area contributed by atoms with Crippen LogP contribution in [0.2, 0.25) is 0 Å². The number of nitrogens with one attached hydrogen (secondary N) is 3. The fraction of sp³-hybridized carbons (Fsp3) is 0.583. The third kappa shape index (κ3) is 4.57. The fourth-order valence-corrected chi connectivity index (χ4v) is 1.39. The molecule has 0 aliphatic rings. The van der Waals surface area contributed by atoms with Crippen molar-refractivity contribution < 1.29 is 4.79 Å². The maximum absolute atomic E-state index is 11.7. The maximum atomic E-state index is 11.7. The average molecular weight is 251 g/mol. The van der Waals surface area contributed by atoms with E-state index in [1.165, 1.54) is 0 Å². The van der Waals surface area contributed by atoms with Crippen molar-refractivity contribution in [2.24, 2.45) is 0 Å². The van der Waals surface area contributed by atoms with Gasteiger partial charge in [0.05, 0.1) is 12.4 Å². The van der Waals surface area contributed by atoms with Gasteiger partial charge in [-0.1, -0.05) is 6.92 Å². The van der Waals surface area contributed by atoms with Crippen molar-refractivity contribution in [2.75, 3.05) is 23.7 Å². The van der Waals surface area contributed by atoms with Crippen LogP contribution in [0, 0.1) is 0 Å². The largest absolute Gasteiger partial charge is 0.369 e. The third-order valence-electron chi connectivity index (χ3n) is 2.30. The molecule has 0 fully saturated rings. The molecule has 1 aromatic rings. The van der Waals surface area contributed by atoms with E-state index in [1.54, 1.807) is 19.3 Å². The molecule has 18 heavy (non-hydrogen) atoms. The first-order valence-corrected chi connectivity index (χ1v) is 6.27. The molecule has 0 spiro atoms. The van der Waals surface area contributed by atoms with Crippen LogP contribution in [0.15, 0.2) is 12.4 Å². The number of aromatic nitrogens is 2. The number of carbonyl (C=O) groups is 1. The van der Waals surface area contributed by atoms with Gasteiger partial charge in [-0.25, -0.2) is 4.98 Å². The molecule has 1 atom stereocenters. The smallest absolute Gasteiger partial charge is 0.242 e. The van der Waals surface area contributed by atoms with Gasteiger partial charge in [-0.15, -0.1) is 0 Å². The Labute approximate surface area is 108 Å². The second kappa shape index (κ2) is 7.47. The Balaban J connectivity index is 2.55. The molecule has 0 saturated carbocycles. The molecule has 6 heteroatoms. The first-order chi connectivity index (χ1) is 8.67. The number of amides is 1. The Morgan fingerprint density at radius 3 is 2.72 bits per heavy atom. The van der Waals surface area contributed by atoms with Crippen molar-refractivity contribution in [1.82, 2.24) is 15.3 Å². The van der Waals surface area contributed by atoms with Crippen LogP contribution in [0.1, 0.15) is 27.2 Å². The zero-order chi connectivity index (χ0) is 13.4. The van der Waals surface area contributed by atoms with Gasteiger partial charge in [-0.3, -0.25) is 9.78 Å². The van der Waals surface area contributed by atoms with Crippen LogP contribution in [0.5, 0.6) is 0 Å². The highest BCUT2D eigenvalue weighted by molar-refractivity contribution is 5.83. The Morgan fingerprint density at radius 1 is 1.33 bits per heavy atom. The Hall–Kier alpha value is -1.85. The molecule has 0 aliphatic heterocycles.